The Labute approximate surface area is 152 Å². The minimum atomic E-state index is -0.397. The van der Waals surface area contributed by atoms with Crippen LogP contribution in [0.5, 0.6) is 0 Å². The maximum absolute atomic E-state index is 12.7. The topological polar surface area (TPSA) is 101 Å². The second kappa shape index (κ2) is 5.86. The van der Waals surface area contributed by atoms with Gasteiger partial charge in [-0.05, 0) is 23.8 Å². The van der Waals surface area contributed by atoms with Gasteiger partial charge in [0.1, 0.15) is 11.5 Å². The molecule has 0 atom stereocenters. The molecule has 2 aromatic rings. The van der Waals surface area contributed by atoms with Gasteiger partial charge in [-0.3, -0.25) is 9.59 Å². The third-order valence-electron chi connectivity index (χ3n) is 4.22. The van der Waals surface area contributed by atoms with Gasteiger partial charge in [0.05, 0.1) is 16.1 Å². The van der Waals surface area contributed by atoms with Gasteiger partial charge in [0.25, 0.3) is 0 Å². The molecule has 2 aliphatic rings. The maximum Gasteiger partial charge on any atom is 0.201 e. The summed E-state index contributed by atoms with van der Waals surface area (Å²) < 4.78 is 0. The molecule has 26 heavy (non-hydrogen) atoms. The SMILES string of the molecule is Nc1cc(C2=C(O)/C(=C3\C=CC(=O)C=C3O)C2=O)c(-c2ccccc2)s1. The molecular weight excluding hydrogens is 350 g/mol. The zero-order chi connectivity index (χ0) is 18.4. The number of Topliss-reactive ketones (excluding diaryl/α,β-unsaturated/α-hetero) is 1. The molecule has 0 radical (unpaired) electrons. The van der Waals surface area contributed by atoms with Crippen LogP contribution in [0.3, 0.4) is 0 Å². The lowest BCUT2D eigenvalue weighted by atomic mass is 9.79. The third kappa shape index (κ3) is 2.39. The smallest absolute Gasteiger partial charge is 0.201 e. The molecule has 0 bridgehead atoms. The minimum absolute atomic E-state index is 0.00119. The van der Waals surface area contributed by atoms with E-state index in [0.29, 0.717) is 10.6 Å². The lowest BCUT2D eigenvalue weighted by molar-refractivity contribution is -0.112. The van der Waals surface area contributed by atoms with Gasteiger partial charge in [0.2, 0.25) is 5.78 Å². The number of thiophene rings is 1. The quantitative estimate of drug-likeness (QED) is 0.706. The van der Waals surface area contributed by atoms with E-state index in [-0.39, 0.29) is 34.0 Å². The molecule has 4 rings (SSSR count). The lowest BCUT2D eigenvalue weighted by Gasteiger charge is -2.24. The van der Waals surface area contributed by atoms with E-state index < -0.39 is 5.78 Å². The number of allylic oxidation sites excluding steroid dienone is 5. The van der Waals surface area contributed by atoms with E-state index in [9.17, 15) is 19.8 Å². The van der Waals surface area contributed by atoms with E-state index in [4.69, 9.17) is 5.73 Å². The zero-order valence-corrected chi connectivity index (χ0v) is 14.2. The van der Waals surface area contributed by atoms with Crippen molar-refractivity contribution in [3.8, 4) is 10.4 Å². The second-order valence-electron chi connectivity index (χ2n) is 5.86. The Kier molecular flexibility index (Phi) is 3.63. The highest BCUT2D eigenvalue weighted by atomic mass is 32.1. The molecular formula is C20H13NO4S. The first kappa shape index (κ1) is 16.1. The van der Waals surface area contributed by atoms with Crippen LogP contribution in [-0.4, -0.2) is 21.8 Å². The van der Waals surface area contributed by atoms with E-state index >= 15 is 0 Å². The number of anilines is 1. The molecule has 0 saturated carbocycles. The summed E-state index contributed by atoms with van der Waals surface area (Å²) in [6, 6.07) is 11.1. The van der Waals surface area contributed by atoms with Gasteiger partial charge in [-0.2, -0.15) is 0 Å². The van der Waals surface area contributed by atoms with Crippen LogP contribution in [0.4, 0.5) is 5.00 Å². The number of aliphatic hydroxyl groups excluding tert-OH is 2. The summed E-state index contributed by atoms with van der Waals surface area (Å²) in [4.78, 5) is 24.8. The fourth-order valence-electron chi connectivity index (χ4n) is 3.02. The van der Waals surface area contributed by atoms with Crippen LogP contribution in [0.15, 0.2) is 77.3 Å². The highest BCUT2D eigenvalue weighted by Crippen LogP contribution is 2.46. The molecule has 0 amide bonds. The number of carbonyl (C=O) groups excluding carboxylic acids is 2. The van der Waals surface area contributed by atoms with Crippen molar-refractivity contribution >= 4 is 33.5 Å². The second-order valence-corrected chi connectivity index (χ2v) is 6.95. The van der Waals surface area contributed by atoms with Crippen LogP contribution in [-0.2, 0) is 9.59 Å². The Bertz CT molecular complexity index is 1080. The Morgan fingerprint density at radius 2 is 1.69 bits per heavy atom. The van der Waals surface area contributed by atoms with Gasteiger partial charge >= 0.3 is 0 Å². The number of nitrogens with two attached hydrogens (primary N) is 1. The molecule has 0 fully saturated rings. The van der Waals surface area contributed by atoms with Crippen LogP contribution >= 0.6 is 11.3 Å². The Hall–Kier alpha value is -3.38. The van der Waals surface area contributed by atoms with E-state index in [0.717, 1.165) is 16.5 Å². The summed E-state index contributed by atoms with van der Waals surface area (Å²) in [5.74, 6) is -1.32. The fraction of sp³-hybridized carbons (Fsp3) is 0. The van der Waals surface area contributed by atoms with E-state index in [1.807, 2.05) is 30.3 Å². The standard InChI is InChI=1S/C20H13NO4S/c21-15-9-13(20(26-15)10-4-2-1-3-5-10)17-18(24)16(19(17)25)12-7-6-11(22)8-14(12)23/h1-9,23-24H,21H2/b16-12-. The number of hydrogen-bond acceptors (Lipinski definition) is 6. The van der Waals surface area contributed by atoms with Crippen LogP contribution in [0.1, 0.15) is 5.56 Å². The van der Waals surface area contributed by atoms with Crippen LogP contribution < -0.4 is 5.73 Å². The summed E-state index contributed by atoms with van der Waals surface area (Å²) >= 11 is 1.33. The molecule has 0 spiro atoms. The summed E-state index contributed by atoms with van der Waals surface area (Å²) in [6.45, 7) is 0. The monoisotopic (exact) mass is 363 g/mol. The minimum Gasteiger partial charge on any atom is -0.507 e. The number of hydrogen-bond donors (Lipinski definition) is 3. The number of ketones is 2. The first-order chi connectivity index (χ1) is 12.5. The average molecular weight is 363 g/mol. The summed E-state index contributed by atoms with van der Waals surface area (Å²) in [6.07, 6.45) is 3.58. The molecule has 6 heteroatoms. The van der Waals surface area contributed by atoms with Gasteiger partial charge in [0, 0.05) is 22.1 Å². The Morgan fingerprint density at radius 1 is 0.962 bits per heavy atom. The van der Waals surface area contributed by atoms with E-state index in [2.05, 4.69) is 0 Å². The first-order valence-corrected chi connectivity index (χ1v) is 8.59. The van der Waals surface area contributed by atoms with Crippen LogP contribution in [0.2, 0.25) is 0 Å². The van der Waals surface area contributed by atoms with E-state index in [1.54, 1.807) is 6.07 Å². The fourth-order valence-corrected chi connectivity index (χ4v) is 3.96. The van der Waals surface area contributed by atoms with Gasteiger partial charge in [-0.1, -0.05) is 30.3 Å². The summed E-state index contributed by atoms with van der Waals surface area (Å²) in [5, 5.41) is 21.0. The number of aliphatic hydroxyl groups is 2. The average Bonchev–Trinajstić information content (AvgIpc) is 2.99. The molecule has 2 aliphatic carbocycles. The highest BCUT2D eigenvalue weighted by Gasteiger charge is 2.39. The molecule has 1 aromatic carbocycles. The Balaban J connectivity index is 1.86. The molecule has 5 nitrogen and oxygen atoms in total. The predicted octanol–water partition coefficient (Wildman–Crippen LogP) is 3.73. The number of nitrogen functional groups attached to an aromatic ring is 1. The molecule has 1 aromatic heterocycles. The largest absolute Gasteiger partial charge is 0.507 e. The highest BCUT2D eigenvalue weighted by molar-refractivity contribution is 7.19. The first-order valence-electron chi connectivity index (χ1n) is 7.78. The van der Waals surface area contributed by atoms with Crippen LogP contribution in [0, 0.1) is 0 Å². The number of benzene rings is 1. The van der Waals surface area contributed by atoms with Gasteiger partial charge < -0.3 is 15.9 Å². The molecule has 0 saturated heterocycles. The lowest BCUT2D eigenvalue weighted by Crippen LogP contribution is -2.24. The maximum atomic E-state index is 12.7. The molecule has 0 unspecified atom stereocenters. The van der Waals surface area contributed by atoms with E-state index in [1.165, 1.54) is 23.5 Å². The summed E-state index contributed by atoms with van der Waals surface area (Å²) in [7, 11) is 0. The van der Waals surface area contributed by atoms with Gasteiger partial charge in [0.15, 0.2) is 5.78 Å². The van der Waals surface area contributed by atoms with Crippen molar-refractivity contribution in [2.45, 2.75) is 0 Å². The molecule has 1 heterocycles. The van der Waals surface area contributed by atoms with Crippen molar-refractivity contribution in [2.75, 3.05) is 5.73 Å². The van der Waals surface area contributed by atoms with Gasteiger partial charge in [-0.15, -0.1) is 11.3 Å². The van der Waals surface area contributed by atoms with Crippen molar-refractivity contribution in [1.29, 1.82) is 0 Å². The van der Waals surface area contributed by atoms with Crippen molar-refractivity contribution in [1.82, 2.24) is 0 Å². The van der Waals surface area contributed by atoms with Crippen molar-refractivity contribution in [3.63, 3.8) is 0 Å². The Morgan fingerprint density at radius 3 is 2.35 bits per heavy atom. The van der Waals surface area contributed by atoms with Crippen molar-refractivity contribution in [3.05, 3.63) is 82.9 Å². The third-order valence-corrected chi connectivity index (χ3v) is 5.24. The molecule has 128 valence electrons. The van der Waals surface area contributed by atoms with Crippen LogP contribution in [0.25, 0.3) is 16.0 Å². The van der Waals surface area contributed by atoms with Crippen molar-refractivity contribution in [2.24, 2.45) is 0 Å². The van der Waals surface area contributed by atoms with Gasteiger partial charge in [-0.25, -0.2) is 0 Å². The predicted molar refractivity (Wildman–Crippen MR) is 101 cm³/mol. The normalized spacial score (nSPS) is 19.6. The number of rotatable bonds is 2. The van der Waals surface area contributed by atoms with Crippen molar-refractivity contribution < 1.29 is 19.8 Å². The summed E-state index contributed by atoms with van der Waals surface area (Å²) in [5.41, 5.74) is 7.69. The molecule has 4 N–H and O–H groups in total. The molecule has 0 aliphatic heterocycles. The number of carbonyl (C=O) groups is 2. The zero-order valence-electron chi connectivity index (χ0n) is 13.4.